The van der Waals surface area contributed by atoms with Crippen LogP contribution in [0.5, 0.6) is 0 Å². The molecule has 5 nitrogen and oxygen atoms in total. The van der Waals surface area contributed by atoms with Crippen LogP contribution in [0.4, 0.5) is 0 Å². The Morgan fingerprint density at radius 2 is 0.821 bits per heavy atom. The highest BCUT2D eigenvalue weighted by molar-refractivity contribution is 5.70. The fourth-order valence-corrected chi connectivity index (χ4v) is 6.48. The summed E-state index contributed by atoms with van der Waals surface area (Å²) >= 11 is 0. The van der Waals surface area contributed by atoms with E-state index in [2.05, 4.69) is 81.5 Å². The number of esters is 2. The molecule has 1 unspecified atom stereocenters. The van der Waals surface area contributed by atoms with Gasteiger partial charge in [0, 0.05) is 19.4 Å². The molecule has 1 atom stereocenters. The maximum Gasteiger partial charge on any atom is 0.306 e. The summed E-state index contributed by atoms with van der Waals surface area (Å²) in [5.41, 5.74) is 0. The smallest absolute Gasteiger partial charge is 0.306 e. The second kappa shape index (κ2) is 47.0. The van der Waals surface area contributed by atoms with E-state index in [1.54, 1.807) is 0 Å². The summed E-state index contributed by atoms with van der Waals surface area (Å²) in [5, 5.41) is 0. The highest BCUT2D eigenvalue weighted by atomic mass is 16.6. The van der Waals surface area contributed by atoms with Crippen molar-refractivity contribution in [2.45, 2.75) is 232 Å². The summed E-state index contributed by atoms with van der Waals surface area (Å²) in [6, 6.07) is 0. The summed E-state index contributed by atoms with van der Waals surface area (Å²) in [6.07, 6.45) is 57.9. The molecule has 0 amide bonds. The van der Waals surface area contributed by atoms with Gasteiger partial charge in [0.05, 0.1) is 6.61 Å². The molecule has 0 aromatic rings. The Hall–Kier alpha value is -2.40. The summed E-state index contributed by atoms with van der Waals surface area (Å²) in [5.74, 6) is -0.417. The summed E-state index contributed by atoms with van der Waals surface area (Å²) in [4.78, 5) is 25.2. The molecule has 0 aliphatic heterocycles. The lowest BCUT2D eigenvalue weighted by Crippen LogP contribution is -2.30. The van der Waals surface area contributed by atoms with Crippen LogP contribution in [0, 0.1) is 0 Å². The zero-order valence-electron chi connectivity index (χ0n) is 37.1. The molecule has 0 aliphatic rings. The zero-order valence-corrected chi connectivity index (χ0v) is 37.1. The zero-order chi connectivity index (χ0) is 40.7. The van der Waals surface area contributed by atoms with Gasteiger partial charge in [-0.15, -0.1) is 0 Å². The van der Waals surface area contributed by atoms with Crippen molar-refractivity contribution in [2.75, 3.05) is 19.8 Å². The SMILES string of the molecule is CC/C=C\C/C=C\C/C=C\C/C=C\CCCCCCCOCC(COC(=O)CCCCCCC/C=C\CCCC)OC(=O)CCCCCCCCCCCCC. The average Bonchev–Trinajstić information content (AvgIpc) is 3.20. The minimum Gasteiger partial charge on any atom is -0.462 e. The molecule has 0 radical (unpaired) electrons. The molecule has 5 heteroatoms. The van der Waals surface area contributed by atoms with E-state index in [0.29, 0.717) is 19.4 Å². The van der Waals surface area contributed by atoms with Crippen molar-refractivity contribution in [3.05, 3.63) is 60.8 Å². The van der Waals surface area contributed by atoms with Crippen LogP contribution in [0.1, 0.15) is 226 Å². The number of hydrogen-bond acceptors (Lipinski definition) is 5. The van der Waals surface area contributed by atoms with Gasteiger partial charge in [-0.2, -0.15) is 0 Å². The van der Waals surface area contributed by atoms with E-state index < -0.39 is 6.10 Å². The second-order valence-corrected chi connectivity index (χ2v) is 15.6. The Kier molecular flexibility index (Phi) is 45.0. The molecule has 0 spiro atoms. The molecule has 0 saturated heterocycles. The summed E-state index contributed by atoms with van der Waals surface area (Å²) in [6.45, 7) is 7.63. The maximum atomic E-state index is 12.7. The van der Waals surface area contributed by atoms with Crippen molar-refractivity contribution in [1.29, 1.82) is 0 Å². The first kappa shape index (κ1) is 53.6. The van der Waals surface area contributed by atoms with Gasteiger partial charge in [-0.25, -0.2) is 0 Å². The monoisotopic (exact) mass is 783 g/mol. The third kappa shape index (κ3) is 44.3. The number of hydrogen-bond donors (Lipinski definition) is 0. The normalized spacial score (nSPS) is 12.7. The lowest BCUT2D eigenvalue weighted by atomic mass is 10.1. The van der Waals surface area contributed by atoms with Gasteiger partial charge in [-0.05, 0) is 77.0 Å². The van der Waals surface area contributed by atoms with Crippen molar-refractivity contribution in [3.63, 3.8) is 0 Å². The van der Waals surface area contributed by atoms with Crippen LogP contribution in [0.15, 0.2) is 60.8 Å². The molecule has 0 N–H and O–H groups in total. The van der Waals surface area contributed by atoms with Gasteiger partial charge in [0.2, 0.25) is 0 Å². The van der Waals surface area contributed by atoms with Gasteiger partial charge < -0.3 is 14.2 Å². The molecule has 324 valence electrons. The highest BCUT2D eigenvalue weighted by Crippen LogP contribution is 2.14. The molecule has 0 rings (SSSR count). The van der Waals surface area contributed by atoms with Crippen molar-refractivity contribution in [1.82, 2.24) is 0 Å². The molecule has 0 aliphatic carbocycles. The number of carbonyl (C=O) groups is 2. The predicted molar refractivity (Wildman–Crippen MR) is 242 cm³/mol. The number of rotatable bonds is 43. The molecule has 0 fully saturated rings. The number of carbonyl (C=O) groups excluding carboxylic acids is 2. The Balaban J connectivity index is 4.27. The first-order valence-electron chi connectivity index (χ1n) is 23.8. The van der Waals surface area contributed by atoms with Crippen LogP contribution in [0.2, 0.25) is 0 Å². The number of allylic oxidation sites excluding steroid dienone is 10. The van der Waals surface area contributed by atoms with Crippen molar-refractivity contribution < 1.29 is 23.8 Å². The van der Waals surface area contributed by atoms with Crippen LogP contribution in [-0.4, -0.2) is 37.9 Å². The minimum absolute atomic E-state index is 0.0739. The fraction of sp³-hybridized carbons (Fsp3) is 0.765. The predicted octanol–water partition coefficient (Wildman–Crippen LogP) is 15.8. The van der Waals surface area contributed by atoms with Crippen molar-refractivity contribution >= 4 is 11.9 Å². The maximum absolute atomic E-state index is 12.7. The Bertz CT molecular complexity index is 977. The first-order valence-corrected chi connectivity index (χ1v) is 23.8. The van der Waals surface area contributed by atoms with E-state index in [1.165, 1.54) is 109 Å². The largest absolute Gasteiger partial charge is 0.462 e. The van der Waals surface area contributed by atoms with Gasteiger partial charge in [-0.3, -0.25) is 9.59 Å². The van der Waals surface area contributed by atoms with Crippen molar-refractivity contribution in [2.24, 2.45) is 0 Å². The third-order valence-corrected chi connectivity index (χ3v) is 10.0. The topological polar surface area (TPSA) is 61.8 Å². The van der Waals surface area contributed by atoms with Gasteiger partial charge >= 0.3 is 11.9 Å². The summed E-state index contributed by atoms with van der Waals surface area (Å²) < 4.78 is 17.3. The highest BCUT2D eigenvalue weighted by Gasteiger charge is 2.17. The quantitative estimate of drug-likeness (QED) is 0.0350. The van der Waals surface area contributed by atoms with E-state index >= 15 is 0 Å². The van der Waals surface area contributed by atoms with E-state index in [1.807, 2.05) is 0 Å². The number of unbranched alkanes of at least 4 members (excludes halogenated alkanes) is 22. The van der Waals surface area contributed by atoms with E-state index in [0.717, 1.165) is 83.5 Å². The molecular formula is C51H90O5. The van der Waals surface area contributed by atoms with Gasteiger partial charge in [0.25, 0.3) is 0 Å². The van der Waals surface area contributed by atoms with E-state index in [9.17, 15) is 9.59 Å². The van der Waals surface area contributed by atoms with E-state index in [-0.39, 0.29) is 25.2 Å². The van der Waals surface area contributed by atoms with Gasteiger partial charge in [-0.1, -0.05) is 197 Å². The second-order valence-electron chi connectivity index (χ2n) is 15.6. The fourth-order valence-electron chi connectivity index (χ4n) is 6.48. The Labute approximate surface area is 347 Å². The molecule has 0 heterocycles. The lowest BCUT2D eigenvalue weighted by molar-refractivity contribution is -0.163. The van der Waals surface area contributed by atoms with Gasteiger partial charge in [0.1, 0.15) is 6.61 Å². The third-order valence-electron chi connectivity index (χ3n) is 10.0. The number of ether oxygens (including phenoxy) is 3. The Morgan fingerprint density at radius 3 is 1.36 bits per heavy atom. The summed E-state index contributed by atoms with van der Waals surface area (Å²) in [7, 11) is 0. The average molecular weight is 783 g/mol. The van der Waals surface area contributed by atoms with Crippen LogP contribution >= 0.6 is 0 Å². The lowest BCUT2D eigenvalue weighted by Gasteiger charge is -2.18. The van der Waals surface area contributed by atoms with Crippen LogP contribution < -0.4 is 0 Å². The minimum atomic E-state index is -0.546. The van der Waals surface area contributed by atoms with Crippen LogP contribution in [-0.2, 0) is 23.8 Å². The van der Waals surface area contributed by atoms with E-state index in [4.69, 9.17) is 14.2 Å². The van der Waals surface area contributed by atoms with Crippen molar-refractivity contribution in [3.8, 4) is 0 Å². The molecule has 0 bridgehead atoms. The molecule has 56 heavy (non-hydrogen) atoms. The first-order chi connectivity index (χ1) is 27.6. The van der Waals surface area contributed by atoms with Crippen LogP contribution in [0.3, 0.4) is 0 Å². The molecule has 0 aromatic carbocycles. The van der Waals surface area contributed by atoms with Crippen LogP contribution in [0.25, 0.3) is 0 Å². The standard InChI is InChI=1S/C51H90O5/c1-4-7-10-13-16-19-22-23-24-25-26-27-28-31-34-37-40-43-46-54-47-49(56-51(53)45-42-39-36-33-30-21-18-15-12-9-6-3)48-55-50(52)44-41-38-35-32-29-20-17-14-11-8-5-2/h7,10,14,16-17,19,23-24,26-27,49H,4-6,8-9,11-13,15,18,20-22,25,28-48H2,1-3H3/b10-7-,17-14-,19-16-,24-23-,27-26-. The molecule has 0 saturated carbocycles. The Morgan fingerprint density at radius 1 is 0.411 bits per heavy atom. The van der Waals surface area contributed by atoms with Gasteiger partial charge in [0.15, 0.2) is 6.10 Å². The molecular weight excluding hydrogens is 693 g/mol. The molecule has 0 aromatic heterocycles.